The molecule has 7 heteroatoms. The molecule has 6 nitrogen and oxygen atoms in total. The van der Waals surface area contributed by atoms with Crippen molar-refractivity contribution >= 4 is 33.2 Å². The quantitative estimate of drug-likeness (QED) is 0.683. The first-order valence-corrected chi connectivity index (χ1v) is 6.51. The molecule has 0 bridgehead atoms. The lowest BCUT2D eigenvalue weighted by Gasteiger charge is -2.08. The average molecular weight is 334 g/mol. The average Bonchev–Trinajstić information content (AvgIpc) is 2.94. The molecule has 0 aliphatic rings. The van der Waals surface area contributed by atoms with Crippen LogP contribution in [0.25, 0.3) is 11.0 Å². The van der Waals surface area contributed by atoms with Crippen LogP contribution in [-0.2, 0) is 6.61 Å². The number of aldehydes is 1. The van der Waals surface area contributed by atoms with Gasteiger partial charge in [-0.15, -0.1) is 0 Å². The number of hydrogen-bond acceptors (Lipinski definition) is 6. The summed E-state index contributed by atoms with van der Waals surface area (Å²) < 4.78 is 11.1. The van der Waals surface area contributed by atoms with E-state index in [4.69, 9.17) is 9.37 Å². The monoisotopic (exact) mass is 333 g/mol. The van der Waals surface area contributed by atoms with E-state index in [1.807, 2.05) is 12.1 Å². The summed E-state index contributed by atoms with van der Waals surface area (Å²) >= 11 is 3.29. The van der Waals surface area contributed by atoms with Crippen LogP contribution >= 0.6 is 15.9 Å². The number of halogens is 1. The highest BCUT2D eigenvalue weighted by Gasteiger charge is 2.09. The van der Waals surface area contributed by atoms with Crippen LogP contribution in [0, 0.1) is 0 Å². The molecule has 0 amide bonds. The molecule has 0 unspecified atom stereocenters. The van der Waals surface area contributed by atoms with Gasteiger partial charge >= 0.3 is 0 Å². The Morgan fingerprint density at radius 3 is 3.10 bits per heavy atom. The lowest BCUT2D eigenvalue weighted by atomic mass is 10.2. The molecule has 20 heavy (non-hydrogen) atoms. The van der Waals surface area contributed by atoms with E-state index >= 15 is 0 Å². The van der Waals surface area contributed by atoms with Crippen LogP contribution in [-0.4, -0.2) is 21.6 Å². The van der Waals surface area contributed by atoms with Gasteiger partial charge in [0.05, 0.1) is 0 Å². The molecule has 1 aromatic carbocycles. The standard InChI is InChI=1S/C13H8BrN3O3/c14-9-4-12(11(6-18)15-5-9)19-7-8-2-1-3-10-13(8)17-20-16-10/h1-6H,7H2. The van der Waals surface area contributed by atoms with Gasteiger partial charge in [-0.2, -0.15) is 0 Å². The fourth-order valence-corrected chi connectivity index (χ4v) is 2.08. The Hall–Kier alpha value is -2.28. The SMILES string of the molecule is O=Cc1ncc(Br)cc1OCc1cccc2nonc12. The third-order valence-electron chi connectivity index (χ3n) is 2.71. The number of benzene rings is 1. The molecule has 100 valence electrons. The summed E-state index contributed by atoms with van der Waals surface area (Å²) in [5, 5.41) is 7.60. The van der Waals surface area contributed by atoms with E-state index < -0.39 is 0 Å². The third kappa shape index (κ3) is 2.39. The van der Waals surface area contributed by atoms with E-state index in [0.717, 1.165) is 10.0 Å². The summed E-state index contributed by atoms with van der Waals surface area (Å²) in [6.45, 7) is 0.241. The number of carbonyl (C=O) groups excluding carboxylic acids is 1. The minimum atomic E-state index is 0.241. The van der Waals surface area contributed by atoms with Crippen molar-refractivity contribution in [2.75, 3.05) is 0 Å². The molecule has 2 aromatic heterocycles. The zero-order valence-corrected chi connectivity index (χ0v) is 11.7. The van der Waals surface area contributed by atoms with Crippen LogP contribution in [0.3, 0.4) is 0 Å². The lowest BCUT2D eigenvalue weighted by molar-refractivity contribution is 0.111. The highest BCUT2D eigenvalue weighted by molar-refractivity contribution is 9.10. The minimum absolute atomic E-state index is 0.241. The second kappa shape index (κ2) is 5.38. The molecule has 3 rings (SSSR count). The fraction of sp³-hybridized carbons (Fsp3) is 0.0769. The van der Waals surface area contributed by atoms with Gasteiger partial charge < -0.3 is 4.74 Å². The number of ether oxygens (including phenoxy) is 1. The maximum atomic E-state index is 10.9. The number of hydrogen-bond donors (Lipinski definition) is 0. The van der Waals surface area contributed by atoms with E-state index in [2.05, 4.69) is 31.2 Å². The van der Waals surface area contributed by atoms with Crippen molar-refractivity contribution in [3.63, 3.8) is 0 Å². The molecule has 0 spiro atoms. The van der Waals surface area contributed by atoms with Gasteiger partial charge in [-0.1, -0.05) is 12.1 Å². The van der Waals surface area contributed by atoms with Gasteiger partial charge in [-0.05, 0) is 38.4 Å². The summed E-state index contributed by atoms with van der Waals surface area (Å²) in [7, 11) is 0. The summed E-state index contributed by atoms with van der Waals surface area (Å²) in [5.41, 5.74) is 2.37. The zero-order valence-electron chi connectivity index (χ0n) is 10.1. The van der Waals surface area contributed by atoms with Crippen molar-refractivity contribution in [1.82, 2.24) is 15.3 Å². The summed E-state index contributed by atoms with van der Waals surface area (Å²) in [6.07, 6.45) is 2.19. The topological polar surface area (TPSA) is 78.1 Å². The molecule has 0 N–H and O–H groups in total. The first-order valence-electron chi connectivity index (χ1n) is 5.71. The van der Waals surface area contributed by atoms with Crippen molar-refractivity contribution in [3.8, 4) is 5.75 Å². The Balaban J connectivity index is 1.88. The van der Waals surface area contributed by atoms with Crippen LogP contribution < -0.4 is 4.74 Å². The Morgan fingerprint density at radius 1 is 1.35 bits per heavy atom. The van der Waals surface area contributed by atoms with Crippen molar-refractivity contribution in [3.05, 3.63) is 46.2 Å². The van der Waals surface area contributed by atoms with Crippen LogP contribution in [0.15, 0.2) is 39.6 Å². The number of nitrogens with zero attached hydrogens (tertiary/aromatic N) is 3. The largest absolute Gasteiger partial charge is 0.486 e. The Labute approximate surface area is 121 Å². The van der Waals surface area contributed by atoms with Gasteiger partial charge in [0, 0.05) is 16.2 Å². The Bertz CT molecular complexity index is 772. The van der Waals surface area contributed by atoms with Gasteiger partial charge in [0.2, 0.25) is 0 Å². The number of carbonyl (C=O) groups is 1. The van der Waals surface area contributed by atoms with Crippen molar-refractivity contribution in [2.45, 2.75) is 6.61 Å². The van der Waals surface area contributed by atoms with E-state index in [1.165, 1.54) is 0 Å². The van der Waals surface area contributed by atoms with Crippen LogP contribution in [0.4, 0.5) is 0 Å². The maximum Gasteiger partial charge on any atom is 0.172 e. The molecule has 0 aliphatic carbocycles. The van der Waals surface area contributed by atoms with Crippen molar-refractivity contribution in [2.24, 2.45) is 0 Å². The molecule has 3 aromatic rings. The minimum Gasteiger partial charge on any atom is -0.486 e. The van der Waals surface area contributed by atoms with Crippen LogP contribution in [0.2, 0.25) is 0 Å². The van der Waals surface area contributed by atoms with Gasteiger partial charge in [0.25, 0.3) is 0 Å². The number of pyridine rings is 1. The highest BCUT2D eigenvalue weighted by atomic mass is 79.9. The molecule has 0 atom stereocenters. The number of fused-ring (bicyclic) bond motifs is 1. The fourth-order valence-electron chi connectivity index (χ4n) is 1.77. The predicted octanol–water partition coefficient (Wildman–Crippen LogP) is 2.77. The molecule has 2 heterocycles. The zero-order chi connectivity index (χ0) is 13.9. The molecule has 0 radical (unpaired) electrons. The molecule has 0 saturated heterocycles. The Morgan fingerprint density at radius 2 is 2.25 bits per heavy atom. The smallest absolute Gasteiger partial charge is 0.172 e. The van der Waals surface area contributed by atoms with Gasteiger partial charge in [-0.3, -0.25) is 4.79 Å². The third-order valence-corrected chi connectivity index (χ3v) is 3.15. The highest BCUT2D eigenvalue weighted by Crippen LogP contribution is 2.22. The van der Waals surface area contributed by atoms with Crippen molar-refractivity contribution < 1.29 is 14.2 Å². The Kier molecular flexibility index (Phi) is 3.42. The predicted molar refractivity (Wildman–Crippen MR) is 73.5 cm³/mol. The molecule has 0 saturated carbocycles. The van der Waals surface area contributed by atoms with E-state index in [1.54, 1.807) is 18.3 Å². The van der Waals surface area contributed by atoms with Gasteiger partial charge in [0.1, 0.15) is 29.1 Å². The molecular weight excluding hydrogens is 326 g/mol. The molecule has 0 fully saturated rings. The van der Waals surface area contributed by atoms with E-state index in [-0.39, 0.29) is 12.3 Å². The van der Waals surface area contributed by atoms with Gasteiger partial charge in [-0.25, -0.2) is 9.61 Å². The normalized spacial score (nSPS) is 10.7. The molecule has 0 aliphatic heterocycles. The first-order chi connectivity index (χ1) is 9.78. The van der Waals surface area contributed by atoms with E-state index in [0.29, 0.717) is 23.1 Å². The maximum absolute atomic E-state index is 10.9. The van der Waals surface area contributed by atoms with Crippen molar-refractivity contribution in [1.29, 1.82) is 0 Å². The summed E-state index contributed by atoms with van der Waals surface area (Å²) in [6, 6.07) is 7.19. The lowest BCUT2D eigenvalue weighted by Crippen LogP contribution is -2.00. The second-order valence-electron chi connectivity index (χ2n) is 3.99. The van der Waals surface area contributed by atoms with Crippen LogP contribution in [0.1, 0.15) is 16.1 Å². The van der Waals surface area contributed by atoms with E-state index in [9.17, 15) is 4.79 Å². The summed E-state index contributed by atoms with van der Waals surface area (Å²) in [5.74, 6) is 0.405. The number of rotatable bonds is 4. The number of aromatic nitrogens is 3. The summed E-state index contributed by atoms with van der Waals surface area (Å²) in [4.78, 5) is 14.9. The van der Waals surface area contributed by atoms with Crippen LogP contribution in [0.5, 0.6) is 5.75 Å². The van der Waals surface area contributed by atoms with Gasteiger partial charge in [0.15, 0.2) is 6.29 Å². The molecular formula is C13H8BrN3O3. The first kappa shape index (κ1) is 12.7. The second-order valence-corrected chi connectivity index (χ2v) is 4.91.